The Hall–Kier alpha value is -3.16. The molecular weight excluding hydrogens is 420 g/mol. The first-order valence-electron chi connectivity index (χ1n) is 10.9. The van der Waals surface area contributed by atoms with Gasteiger partial charge in [0.05, 0.1) is 32.4 Å². The number of methoxy groups -OCH3 is 3. The van der Waals surface area contributed by atoms with Crippen LogP contribution >= 0.6 is 0 Å². The van der Waals surface area contributed by atoms with Crippen LogP contribution in [0.3, 0.4) is 0 Å². The summed E-state index contributed by atoms with van der Waals surface area (Å²) in [6.45, 7) is 6.00. The molecule has 1 aliphatic rings. The normalized spacial score (nSPS) is 13.8. The van der Waals surface area contributed by atoms with Gasteiger partial charge in [-0.3, -0.25) is 14.5 Å². The molecule has 0 spiro atoms. The highest BCUT2D eigenvalue weighted by Gasteiger charge is 2.41. The fraction of sp³-hybridized carbons (Fsp3) is 0.385. The number of hydrogen-bond acceptors (Lipinski definition) is 6. The molecule has 0 bridgehead atoms. The molecule has 0 atom stereocenters. The number of ether oxygens (including phenoxy) is 3. The largest absolute Gasteiger partial charge is 0.497 e. The van der Waals surface area contributed by atoms with E-state index in [2.05, 4.69) is 0 Å². The third-order valence-electron chi connectivity index (χ3n) is 5.89. The van der Waals surface area contributed by atoms with Crippen molar-refractivity contribution < 1.29 is 23.8 Å². The summed E-state index contributed by atoms with van der Waals surface area (Å²) >= 11 is 0. The van der Waals surface area contributed by atoms with Gasteiger partial charge in [-0.05, 0) is 48.2 Å². The smallest absolute Gasteiger partial charge is 0.278 e. The van der Waals surface area contributed by atoms with Crippen molar-refractivity contribution in [2.24, 2.45) is 0 Å². The Balaban J connectivity index is 2.04. The number of benzene rings is 2. The van der Waals surface area contributed by atoms with Crippen molar-refractivity contribution in [3.05, 3.63) is 70.4 Å². The lowest BCUT2D eigenvalue weighted by Gasteiger charge is -2.25. The predicted molar refractivity (Wildman–Crippen MR) is 127 cm³/mol. The molecule has 33 heavy (non-hydrogen) atoms. The second-order valence-corrected chi connectivity index (χ2v) is 8.04. The fourth-order valence-electron chi connectivity index (χ4n) is 3.81. The molecule has 0 aromatic heterocycles. The van der Waals surface area contributed by atoms with Gasteiger partial charge in [-0.15, -0.1) is 0 Å². The van der Waals surface area contributed by atoms with Gasteiger partial charge in [0.2, 0.25) is 0 Å². The molecule has 0 unspecified atom stereocenters. The van der Waals surface area contributed by atoms with Crippen molar-refractivity contribution in [3.63, 3.8) is 0 Å². The van der Waals surface area contributed by atoms with Crippen LogP contribution in [-0.2, 0) is 25.6 Å². The molecular formula is C26H32N2O5. The first-order chi connectivity index (χ1) is 15.9. The lowest BCUT2D eigenvalue weighted by atomic mass is 9.99. The number of aryl methyl sites for hydroxylation is 2. The van der Waals surface area contributed by atoms with Crippen LogP contribution in [0.2, 0.25) is 0 Å². The highest BCUT2D eigenvalue weighted by molar-refractivity contribution is 6.35. The van der Waals surface area contributed by atoms with Gasteiger partial charge in [0.15, 0.2) is 0 Å². The summed E-state index contributed by atoms with van der Waals surface area (Å²) in [5, 5.41) is 0. The maximum atomic E-state index is 13.6. The van der Waals surface area contributed by atoms with E-state index in [1.165, 1.54) is 4.90 Å². The van der Waals surface area contributed by atoms with Crippen LogP contribution in [0.15, 0.2) is 48.2 Å². The van der Waals surface area contributed by atoms with E-state index in [-0.39, 0.29) is 18.4 Å². The summed E-state index contributed by atoms with van der Waals surface area (Å²) < 4.78 is 15.7. The van der Waals surface area contributed by atoms with Crippen molar-refractivity contribution in [2.45, 2.75) is 20.4 Å². The van der Waals surface area contributed by atoms with E-state index in [0.29, 0.717) is 37.6 Å². The van der Waals surface area contributed by atoms with Crippen molar-refractivity contribution >= 4 is 17.4 Å². The van der Waals surface area contributed by atoms with E-state index in [1.54, 1.807) is 21.3 Å². The number of rotatable bonds is 11. The quantitative estimate of drug-likeness (QED) is 0.488. The van der Waals surface area contributed by atoms with Gasteiger partial charge in [0.25, 0.3) is 11.8 Å². The third kappa shape index (κ3) is 5.43. The molecule has 0 saturated carbocycles. The number of imide groups is 1. The highest BCUT2D eigenvalue weighted by atomic mass is 16.5. The molecule has 7 nitrogen and oxygen atoms in total. The van der Waals surface area contributed by atoms with Gasteiger partial charge in [-0.2, -0.15) is 0 Å². The summed E-state index contributed by atoms with van der Waals surface area (Å²) in [4.78, 5) is 30.5. The first-order valence-corrected chi connectivity index (χ1v) is 10.9. The van der Waals surface area contributed by atoms with E-state index in [9.17, 15) is 9.59 Å². The molecule has 0 fully saturated rings. The molecule has 1 heterocycles. The average molecular weight is 453 g/mol. The second-order valence-electron chi connectivity index (χ2n) is 8.04. The zero-order valence-corrected chi connectivity index (χ0v) is 20.0. The highest BCUT2D eigenvalue weighted by Crippen LogP contribution is 2.33. The van der Waals surface area contributed by atoms with E-state index in [1.807, 2.05) is 61.2 Å². The van der Waals surface area contributed by atoms with E-state index in [4.69, 9.17) is 14.2 Å². The van der Waals surface area contributed by atoms with E-state index >= 15 is 0 Å². The minimum atomic E-state index is -0.309. The number of carbonyl (C=O) groups is 2. The SMILES string of the molecule is COCCN(CCOC)C1=C(c2ccc(C)c(C)c2)C(=O)N(Cc2ccc(OC)cc2)C1=O. The summed E-state index contributed by atoms with van der Waals surface area (Å²) in [6.07, 6.45) is 0. The monoisotopic (exact) mass is 452 g/mol. The van der Waals surface area contributed by atoms with Crippen molar-refractivity contribution in [3.8, 4) is 5.75 Å². The Morgan fingerprint density at radius 1 is 0.818 bits per heavy atom. The van der Waals surface area contributed by atoms with Crippen LogP contribution in [-0.4, -0.2) is 69.2 Å². The topological polar surface area (TPSA) is 68.3 Å². The molecule has 0 saturated heterocycles. The van der Waals surface area contributed by atoms with E-state index in [0.717, 1.165) is 28.0 Å². The van der Waals surface area contributed by atoms with Crippen molar-refractivity contribution in [2.75, 3.05) is 47.6 Å². The number of amides is 2. The number of carbonyl (C=O) groups excluding carboxylic acids is 2. The number of hydrogen-bond donors (Lipinski definition) is 0. The van der Waals surface area contributed by atoms with Gasteiger partial charge in [-0.1, -0.05) is 30.3 Å². The molecule has 2 aromatic carbocycles. The zero-order chi connectivity index (χ0) is 24.0. The molecule has 2 aromatic rings. The zero-order valence-electron chi connectivity index (χ0n) is 20.0. The lowest BCUT2D eigenvalue weighted by molar-refractivity contribution is -0.138. The Kier molecular flexibility index (Phi) is 8.25. The first kappa shape index (κ1) is 24.5. The van der Waals surface area contributed by atoms with Crippen LogP contribution < -0.4 is 4.74 Å². The minimum Gasteiger partial charge on any atom is -0.497 e. The predicted octanol–water partition coefficient (Wildman–Crippen LogP) is 3.19. The van der Waals surface area contributed by atoms with Crippen LogP contribution in [0, 0.1) is 13.8 Å². The second kappa shape index (κ2) is 11.1. The maximum Gasteiger partial charge on any atom is 0.278 e. The fourth-order valence-corrected chi connectivity index (χ4v) is 3.81. The van der Waals surface area contributed by atoms with E-state index < -0.39 is 0 Å². The molecule has 176 valence electrons. The Morgan fingerprint density at radius 3 is 2.00 bits per heavy atom. The summed E-state index contributed by atoms with van der Waals surface area (Å²) in [6, 6.07) is 13.2. The average Bonchev–Trinajstić information content (AvgIpc) is 3.06. The van der Waals surface area contributed by atoms with Crippen LogP contribution in [0.4, 0.5) is 0 Å². The van der Waals surface area contributed by atoms with Crippen molar-refractivity contribution in [1.82, 2.24) is 9.80 Å². The molecule has 0 N–H and O–H groups in total. The molecule has 0 radical (unpaired) electrons. The Labute approximate surface area is 195 Å². The van der Waals surface area contributed by atoms with Gasteiger partial charge < -0.3 is 19.1 Å². The van der Waals surface area contributed by atoms with Gasteiger partial charge in [0.1, 0.15) is 11.4 Å². The van der Waals surface area contributed by atoms with Crippen LogP contribution in [0.1, 0.15) is 22.3 Å². The van der Waals surface area contributed by atoms with Crippen LogP contribution in [0.25, 0.3) is 5.57 Å². The maximum absolute atomic E-state index is 13.6. The summed E-state index contributed by atoms with van der Waals surface area (Å²) in [5.74, 6) is 0.114. The molecule has 3 rings (SSSR count). The van der Waals surface area contributed by atoms with Crippen molar-refractivity contribution in [1.29, 1.82) is 0 Å². The van der Waals surface area contributed by atoms with Gasteiger partial charge in [0, 0.05) is 27.3 Å². The van der Waals surface area contributed by atoms with Crippen LogP contribution in [0.5, 0.6) is 5.75 Å². The number of nitrogens with zero attached hydrogens (tertiary/aromatic N) is 2. The third-order valence-corrected chi connectivity index (χ3v) is 5.89. The Morgan fingerprint density at radius 2 is 1.45 bits per heavy atom. The Bertz CT molecular complexity index is 1020. The standard InChI is InChI=1S/C26H32N2O5/c1-18-6-9-21(16-19(18)2)23-24(27(12-14-31-3)13-15-32-4)26(30)28(25(23)29)17-20-7-10-22(33-5)11-8-20/h6-11,16H,12-15,17H2,1-5H3. The molecule has 2 amide bonds. The summed E-state index contributed by atoms with van der Waals surface area (Å²) in [7, 11) is 4.83. The lowest BCUT2D eigenvalue weighted by Crippen LogP contribution is -2.37. The minimum absolute atomic E-state index is 0.182. The molecule has 1 aliphatic heterocycles. The van der Waals surface area contributed by atoms with Gasteiger partial charge in [-0.25, -0.2) is 0 Å². The molecule has 0 aliphatic carbocycles. The molecule has 7 heteroatoms. The summed E-state index contributed by atoms with van der Waals surface area (Å²) in [5.41, 5.74) is 4.59. The van der Waals surface area contributed by atoms with Gasteiger partial charge >= 0.3 is 0 Å².